The summed E-state index contributed by atoms with van der Waals surface area (Å²) in [6.45, 7) is 0. The van der Waals surface area contributed by atoms with E-state index in [4.69, 9.17) is 11.6 Å². The lowest BCUT2D eigenvalue weighted by Crippen LogP contribution is -2.11. The molecule has 0 atom stereocenters. The smallest absolute Gasteiger partial charge is 0.368 e. The maximum atomic E-state index is 12.8. The molecule has 0 aliphatic carbocycles. The number of nitrogen functional groups attached to an aromatic ring is 2. The number of hydrogen-bond donors (Lipinski definition) is 3. The quantitative estimate of drug-likeness (QED) is 0.493. The minimum Gasteiger partial charge on any atom is -0.368 e. The Morgan fingerprint density at radius 2 is 1.75 bits per heavy atom. The highest BCUT2D eigenvalue weighted by Gasteiger charge is 2.30. The third-order valence-corrected chi connectivity index (χ3v) is 4.20. The van der Waals surface area contributed by atoms with Crippen molar-refractivity contribution in [2.75, 3.05) is 11.2 Å². The monoisotopic (exact) mass is 351 g/mol. The fourth-order valence-corrected chi connectivity index (χ4v) is 3.09. The standard InChI is InChI=1S/C15H12F3N5S/c16-15(17,18)8-2-1-3-9(6-8)24-10-4-5-12-11(7-10)13(23-20)22-14(19)21-12/h1-7H,20H2,(H3,19,21,22,23). The van der Waals surface area contributed by atoms with Crippen LogP contribution >= 0.6 is 11.8 Å². The van der Waals surface area contributed by atoms with E-state index < -0.39 is 11.7 Å². The molecule has 5 nitrogen and oxygen atoms in total. The Kier molecular flexibility index (Phi) is 4.20. The van der Waals surface area contributed by atoms with Crippen LogP contribution in [0.1, 0.15) is 5.56 Å². The van der Waals surface area contributed by atoms with Gasteiger partial charge in [-0.3, -0.25) is 0 Å². The van der Waals surface area contributed by atoms with Gasteiger partial charge in [-0.25, -0.2) is 10.8 Å². The van der Waals surface area contributed by atoms with Gasteiger partial charge in [-0.15, -0.1) is 0 Å². The third kappa shape index (κ3) is 3.36. The number of fused-ring (bicyclic) bond motifs is 1. The van der Waals surface area contributed by atoms with Gasteiger partial charge < -0.3 is 11.2 Å². The van der Waals surface area contributed by atoms with Gasteiger partial charge in [0.05, 0.1) is 11.1 Å². The van der Waals surface area contributed by atoms with Crippen molar-refractivity contribution in [3.8, 4) is 0 Å². The lowest BCUT2D eigenvalue weighted by molar-refractivity contribution is -0.137. The van der Waals surface area contributed by atoms with E-state index in [1.807, 2.05) is 0 Å². The number of aromatic nitrogens is 2. The second-order valence-corrected chi connectivity index (χ2v) is 6.03. The van der Waals surface area contributed by atoms with Crippen molar-refractivity contribution in [2.24, 2.45) is 5.84 Å². The predicted molar refractivity (Wildman–Crippen MR) is 87.3 cm³/mol. The molecule has 0 unspecified atom stereocenters. The highest BCUT2D eigenvalue weighted by atomic mass is 32.2. The third-order valence-electron chi connectivity index (χ3n) is 3.22. The highest BCUT2D eigenvalue weighted by molar-refractivity contribution is 7.99. The minimum absolute atomic E-state index is 0.0775. The van der Waals surface area contributed by atoms with Crippen molar-refractivity contribution < 1.29 is 13.2 Å². The second kappa shape index (κ2) is 6.17. The van der Waals surface area contributed by atoms with E-state index in [1.165, 1.54) is 17.8 Å². The summed E-state index contributed by atoms with van der Waals surface area (Å²) >= 11 is 1.20. The van der Waals surface area contributed by atoms with Crippen LogP contribution in [-0.2, 0) is 6.18 Å². The zero-order chi connectivity index (χ0) is 17.3. The van der Waals surface area contributed by atoms with Crippen LogP contribution in [0.3, 0.4) is 0 Å². The second-order valence-electron chi connectivity index (χ2n) is 4.88. The molecule has 1 aromatic heterocycles. The molecular formula is C15H12F3N5S. The van der Waals surface area contributed by atoms with Gasteiger partial charge in [0.15, 0.2) is 5.82 Å². The highest BCUT2D eigenvalue weighted by Crippen LogP contribution is 2.35. The molecule has 0 aliphatic heterocycles. The molecule has 124 valence electrons. The first-order valence-electron chi connectivity index (χ1n) is 6.76. The first kappa shape index (κ1) is 16.3. The van der Waals surface area contributed by atoms with Gasteiger partial charge in [-0.05, 0) is 36.4 Å². The summed E-state index contributed by atoms with van der Waals surface area (Å²) in [5.74, 6) is 5.86. The van der Waals surface area contributed by atoms with Crippen LogP contribution in [0.15, 0.2) is 52.3 Å². The number of nitrogens with two attached hydrogens (primary N) is 2. The number of benzene rings is 2. The first-order valence-corrected chi connectivity index (χ1v) is 7.57. The molecule has 3 rings (SSSR count). The van der Waals surface area contributed by atoms with Gasteiger partial charge in [0.2, 0.25) is 5.95 Å². The number of halogens is 3. The Hall–Kier alpha value is -2.52. The molecule has 0 radical (unpaired) electrons. The Balaban J connectivity index is 1.98. The van der Waals surface area contributed by atoms with Gasteiger partial charge in [-0.2, -0.15) is 18.2 Å². The van der Waals surface area contributed by atoms with E-state index >= 15 is 0 Å². The molecule has 3 aromatic rings. The van der Waals surface area contributed by atoms with Crippen molar-refractivity contribution in [1.82, 2.24) is 9.97 Å². The van der Waals surface area contributed by atoms with Crippen molar-refractivity contribution in [3.63, 3.8) is 0 Å². The van der Waals surface area contributed by atoms with Gasteiger partial charge >= 0.3 is 6.18 Å². The summed E-state index contributed by atoms with van der Waals surface area (Å²) in [5.41, 5.74) is 7.93. The summed E-state index contributed by atoms with van der Waals surface area (Å²) in [6, 6.07) is 10.3. The van der Waals surface area contributed by atoms with Gasteiger partial charge in [-0.1, -0.05) is 17.8 Å². The Labute approximate surface area is 139 Å². The number of nitrogens with zero attached hydrogens (tertiary/aromatic N) is 2. The summed E-state index contributed by atoms with van der Waals surface area (Å²) < 4.78 is 38.4. The number of hydrazine groups is 1. The van der Waals surface area contributed by atoms with Crippen LogP contribution in [0, 0.1) is 0 Å². The Morgan fingerprint density at radius 1 is 1.00 bits per heavy atom. The zero-order valence-corrected chi connectivity index (χ0v) is 12.9. The van der Waals surface area contributed by atoms with E-state index in [2.05, 4.69) is 15.4 Å². The fourth-order valence-electron chi connectivity index (χ4n) is 2.17. The van der Waals surface area contributed by atoms with Gasteiger partial charge in [0.25, 0.3) is 0 Å². The first-order chi connectivity index (χ1) is 11.4. The molecule has 0 fully saturated rings. The molecule has 2 aromatic carbocycles. The van der Waals surface area contributed by atoms with Crippen molar-refractivity contribution in [3.05, 3.63) is 48.0 Å². The molecule has 5 N–H and O–H groups in total. The van der Waals surface area contributed by atoms with Crippen LogP contribution in [-0.4, -0.2) is 9.97 Å². The molecule has 0 spiro atoms. The molecule has 0 saturated carbocycles. The van der Waals surface area contributed by atoms with Gasteiger partial charge in [0, 0.05) is 15.2 Å². The van der Waals surface area contributed by atoms with E-state index in [1.54, 1.807) is 24.3 Å². The van der Waals surface area contributed by atoms with Crippen LogP contribution in [0.4, 0.5) is 24.9 Å². The number of anilines is 2. The summed E-state index contributed by atoms with van der Waals surface area (Å²) in [4.78, 5) is 9.28. The molecular weight excluding hydrogens is 339 g/mol. The molecule has 0 aliphatic rings. The van der Waals surface area contributed by atoms with Crippen LogP contribution in [0.25, 0.3) is 10.9 Å². The van der Waals surface area contributed by atoms with Crippen LogP contribution < -0.4 is 17.0 Å². The zero-order valence-electron chi connectivity index (χ0n) is 12.1. The molecule has 9 heteroatoms. The maximum absolute atomic E-state index is 12.8. The number of hydrogen-bond acceptors (Lipinski definition) is 6. The molecule has 0 bridgehead atoms. The molecule has 0 saturated heterocycles. The van der Waals surface area contributed by atoms with E-state index in [0.717, 1.165) is 17.0 Å². The molecule has 1 heterocycles. The van der Waals surface area contributed by atoms with Crippen molar-refractivity contribution >= 4 is 34.4 Å². The number of rotatable bonds is 3. The molecule has 24 heavy (non-hydrogen) atoms. The largest absolute Gasteiger partial charge is 0.416 e. The van der Waals surface area contributed by atoms with Crippen LogP contribution in [0.2, 0.25) is 0 Å². The van der Waals surface area contributed by atoms with E-state index in [9.17, 15) is 13.2 Å². The average molecular weight is 351 g/mol. The number of nitrogens with one attached hydrogen (secondary N) is 1. The summed E-state index contributed by atoms with van der Waals surface area (Å²) in [7, 11) is 0. The van der Waals surface area contributed by atoms with E-state index in [-0.39, 0.29) is 5.95 Å². The lowest BCUT2D eigenvalue weighted by Gasteiger charge is -2.10. The molecule has 0 amide bonds. The fraction of sp³-hybridized carbons (Fsp3) is 0.0667. The van der Waals surface area contributed by atoms with Crippen LogP contribution in [0.5, 0.6) is 0 Å². The lowest BCUT2D eigenvalue weighted by atomic mass is 10.2. The SMILES string of the molecule is NNc1nc(N)nc2ccc(Sc3cccc(C(F)(F)F)c3)cc12. The van der Waals surface area contributed by atoms with Crippen molar-refractivity contribution in [1.29, 1.82) is 0 Å². The Bertz CT molecular complexity index is 898. The summed E-state index contributed by atoms with van der Waals surface area (Å²) in [5, 5.41) is 0.628. The summed E-state index contributed by atoms with van der Waals surface area (Å²) in [6.07, 6.45) is -4.37. The maximum Gasteiger partial charge on any atom is 0.416 e. The van der Waals surface area contributed by atoms with Gasteiger partial charge in [0.1, 0.15) is 0 Å². The normalized spacial score (nSPS) is 11.7. The average Bonchev–Trinajstić information content (AvgIpc) is 2.54. The minimum atomic E-state index is -4.37. The predicted octanol–water partition coefficient (Wildman–Crippen LogP) is 3.67. The number of alkyl halides is 3. The van der Waals surface area contributed by atoms with E-state index in [0.29, 0.717) is 21.6 Å². The Morgan fingerprint density at radius 3 is 2.46 bits per heavy atom. The topological polar surface area (TPSA) is 89.8 Å². The van der Waals surface area contributed by atoms with Crippen molar-refractivity contribution in [2.45, 2.75) is 16.0 Å².